The molecule has 0 radical (unpaired) electrons. The smallest absolute Gasteiger partial charge is 0.293 e. The van der Waals surface area contributed by atoms with Gasteiger partial charge in [-0.25, -0.2) is 9.97 Å². The monoisotopic (exact) mass is 1000 g/mol. The van der Waals surface area contributed by atoms with Crippen LogP contribution in [0.1, 0.15) is 121 Å². The van der Waals surface area contributed by atoms with Crippen LogP contribution in [-0.2, 0) is 37.8 Å². The van der Waals surface area contributed by atoms with E-state index in [4.69, 9.17) is 4.98 Å². The normalized spacial score (nSPS) is 22.0. The van der Waals surface area contributed by atoms with E-state index in [1.807, 2.05) is 36.4 Å². The molecule has 17 heteroatoms. The lowest BCUT2D eigenvalue weighted by atomic mass is 9.90. The summed E-state index contributed by atoms with van der Waals surface area (Å²) in [5, 5.41) is 17.1. The Labute approximate surface area is 431 Å². The first-order chi connectivity index (χ1) is 35.6. The van der Waals surface area contributed by atoms with Gasteiger partial charge in [-0.3, -0.25) is 38.7 Å². The second-order valence-electron chi connectivity index (χ2n) is 22.1. The molecule has 2 aliphatic carbocycles. The van der Waals surface area contributed by atoms with Gasteiger partial charge in [0.15, 0.2) is 5.82 Å². The summed E-state index contributed by atoms with van der Waals surface area (Å²) in [7, 11) is 1.64. The number of fused-ring (bicyclic) bond motifs is 4. The zero-order valence-electron chi connectivity index (χ0n) is 43.2. The number of aromatic nitrogens is 4. The van der Waals surface area contributed by atoms with Crippen molar-refractivity contribution in [3.8, 4) is 11.3 Å². The third-order valence-electron chi connectivity index (χ3n) is 16.6. The number of hydrogen-bond acceptors (Lipinski definition) is 12. The van der Waals surface area contributed by atoms with Crippen molar-refractivity contribution in [1.29, 1.82) is 0 Å². The molecular weight excluding hydrogens is 935 g/mol. The Morgan fingerprint density at radius 1 is 0.851 bits per heavy atom. The van der Waals surface area contributed by atoms with Gasteiger partial charge in [-0.15, -0.1) is 0 Å². The number of imide groups is 1. The number of rotatable bonds is 11. The van der Waals surface area contributed by atoms with Gasteiger partial charge in [0.05, 0.1) is 40.5 Å². The molecule has 1 unspecified atom stereocenters. The molecule has 386 valence electrons. The Morgan fingerprint density at radius 3 is 2.41 bits per heavy atom. The molecule has 3 fully saturated rings. The predicted molar refractivity (Wildman–Crippen MR) is 287 cm³/mol. The van der Waals surface area contributed by atoms with E-state index in [1.54, 1.807) is 41.4 Å². The lowest BCUT2D eigenvalue weighted by molar-refractivity contribution is -0.111. The summed E-state index contributed by atoms with van der Waals surface area (Å²) >= 11 is 0. The number of amides is 4. The van der Waals surface area contributed by atoms with Crippen molar-refractivity contribution in [2.45, 2.75) is 123 Å². The Hall–Kier alpha value is -7.11. The topological polar surface area (TPSA) is 181 Å². The first-order valence-corrected chi connectivity index (χ1v) is 26.5. The Kier molecular flexibility index (Phi) is 12.8. The number of nitrogens with zero attached hydrogens (tertiary/aromatic N) is 9. The highest BCUT2D eigenvalue weighted by atomic mass is 16.3. The molecule has 17 nitrogen and oxygen atoms in total. The highest BCUT2D eigenvalue weighted by Gasteiger charge is 2.44. The van der Waals surface area contributed by atoms with Crippen LogP contribution in [0.2, 0.25) is 0 Å². The van der Waals surface area contributed by atoms with E-state index < -0.39 is 6.61 Å². The van der Waals surface area contributed by atoms with Crippen LogP contribution in [-0.4, -0.2) is 115 Å². The number of pyridine rings is 1. The molecule has 5 aromatic rings. The zero-order chi connectivity index (χ0) is 51.7. The van der Waals surface area contributed by atoms with Crippen molar-refractivity contribution in [2.75, 3.05) is 58.1 Å². The third-order valence-corrected chi connectivity index (χ3v) is 16.6. The molecule has 2 saturated heterocycles. The van der Waals surface area contributed by atoms with E-state index in [2.05, 4.69) is 69.2 Å². The molecule has 74 heavy (non-hydrogen) atoms. The lowest BCUT2D eigenvalue weighted by Crippen LogP contribution is -2.58. The van der Waals surface area contributed by atoms with Gasteiger partial charge < -0.3 is 34.7 Å². The van der Waals surface area contributed by atoms with Gasteiger partial charge in [0.25, 0.3) is 23.3 Å². The average Bonchev–Trinajstić information content (AvgIpc) is 3.99. The predicted octanol–water partition coefficient (Wildman–Crippen LogP) is 7.29. The van der Waals surface area contributed by atoms with Gasteiger partial charge >= 0.3 is 0 Å². The van der Waals surface area contributed by atoms with Crippen molar-refractivity contribution in [2.24, 2.45) is 12.5 Å². The Balaban J connectivity index is 0.789. The fourth-order valence-corrected chi connectivity index (χ4v) is 13.0. The maximum atomic E-state index is 14.1. The number of carbonyl (C=O) groups excluding carboxylic acids is 4. The van der Waals surface area contributed by atoms with Gasteiger partial charge in [0.1, 0.15) is 11.5 Å². The molecule has 6 aliphatic rings. The van der Waals surface area contributed by atoms with Crippen molar-refractivity contribution in [3.63, 3.8) is 0 Å². The van der Waals surface area contributed by atoms with Gasteiger partial charge in [-0.2, -0.15) is 0 Å². The minimum atomic E-state index is -0.414. The molecule has 0 bridgehead atoms. The van der Waals surface area contributed by atoms with Crippen LogP contribution in [0.25, 0.3) is 11.3 Å². The minimum Gasteiger partial charge on any atom is -0.392 e. The van der Waals surface area contributed by atoms with Gasteiger partial charge in [-0.1, -0.05) is 45.8 Å². The minimum absolute atomic E-state index is 0.0201. The lowest BCUT2D eigenvalue weighted by Gasteiger charge is -2.48. The van der Waals surface area contributed by atoms with E-state index in [0.717, 1.165) is 88.8 Å². The number of anilines is 6. The Morgan fingerprint density at radius 2 is 1.65 bits per heavy atom. The first-order valence-electron chi connectivity index (χ1n) is 26.5. The molecule has 3 N–H and O–H groups in total. The summed E-state index contributed by atoms with van der Waals surface area (Å²) in [6.07, 6.45) is 13.1. The molecule has 2 aromatic carbocycles. The van der Waals surface area contributed by atoms with Crippen LogP contribution in [0.3, 0.4) is 0 Å². The summed E-state index contributed by atoms with van der Waals surface area (Å²) in [6.45, 7) is 16.3. The third kappa shape index (κ3) is 8.66. The van der Waals surface area contributed by atoms with Crippen molar-refractivity contribution in [1.82, 2.24) is 28.9 Å². The number of aliphatic hydroxyl groups excluding tert-OH is 1. The van der Waals surface area contributed by atoms with E-state index >= 15 is 0 Å². The summed E-state index contributed by atoms with van der Waals surface area (Å²) < 4.78 is 3.57. The van der Waals surface area contributed by atoms with Crippen LogP contribution in [0.15, 0.2) is 78.4 Å². The van der Waals surface area contributed by atoms with Crippen LogP contribution in [0, 0.1) is 5.41 Å². The molecule has 3 aromatic heterocycles. The number of benzene rings is 2. The zero-order valence-corrected chi connectivity index (χ0v) is 43.2. The van der Waals surface area contributed by atoms with E-state index in [9.17, 15) is 29.1 Å². The number of nitrogens with one attached hydrogen (secondary N) is 2. The fraction of sp³-hybridized carbons (Fsp3) is 0.456. The number of piperazine rings is 1. The summed E-state index contributed by atoms with van der Waals surface area (Å²) in [4.78, 5) is 88.3. The summed E-state index contributed by atoms with van der Waals surface area (Å²) in [6, 6.07) is 15.6. The molecule has 4 aliphatic heterocycles. The molecule has 11 rings (SSSR count). The van der Waals surface area contributed by atoms with Crippen LogP contribution < -0.4 is 30.9 Å². The largest absolute Gasteiger partial charge is 0.392 e. The molecular formula is C57H67N11O6. The summed E-state index contributed by atoms with van der Waals surface area (Å²) in [5.41, 5.74) is 8.06. The van der Waals surface area contributed by atoms with Gasteiger partial charge in [-0.05, 0) is 112 Å². The molecule has 7 heterocycles. The maximum absolute atomic E-state index is 14.1. The molecule has 3 atom stereocenters. The maximum Gasteiger partial charge on any atom is 0.293 e. The number of piperidine rings is 1. The standard InChI is InChI=1S/C57H67N11O6/c1-7-49(70)60-43-28-37(59-51-56(74)62(6)32-44(61-51)40-18-20-58-52(42(40)33-69)67-25-24-66-47(54(67)72)27-36-29-57(4,5)30-48(36)66)16-17-45(43)65-23-22-63(31-35(65)3)39-19-21-64(34(2)26-39)46-15-11-14-41-50(46)55(73)68(53(41)71)38-12-9-8-10-13-38/h7,11,14-18,20,27-28,32,34-35,38-39,69H,1,8-10,12-13,19,21-26,29-31,33H2,2-6H3,(H,59,61)(H,60,70)/t34-,35+,39?/m1/s1. The van der Waals surface area contributed by atoms with E-state index in [1.165, 1.54) is 21.9 Å². The second-order valence-corrected chi connectivity index (χ2v) is 22.1. The number of aryl methyl sites for hydroxylation is 1. The fourth-order valence-electron chi connectivity index (χ4n) is 13.0. The Bertz CT molecular complexity index is 3170. The van der Waals surface area contributed by atoms with Crippen molar-refractivity contribution >= 4 is 58.0 Å². The average molecular weight is 1000 g/mol. The first kappa shape index (κ1) is 49.1. The highest BCUT2D eigenvalue weighted by molar-refractivity contribution is 6.24. The van der Waals surface area contributed by atoms with Gasteiger partial charge in [0, 0.05) is 105 Å². The number of aliphatic hydroxyl groups is 1. The summed E-state index contributed by atoms with van der Waals surface area (Å²) in [5.74, 6) is -0.445. The molecule has 4 amide bonds. The highest BCUT2D eigenvalue weighted by Crippen LogP contribution is 2.42. The van der Waals surface area contributed by atoms with Gasteiger partial charge in [0.2, 0.25) is 5.91 Å². The van der Waals surface area contributed by atoms with Crippen LogP contribution in [0.4, 0.5) is 34.4 Å². The van der Waals surface area contributed by atoms with Crippen molar-refractivity contribution < 1.29 is 24.3 Å². The molecule has 1 saturated carbocycles. The number of carbonyl (C=O) groups is 4. The van der Waals surface area contributed by atoms with Crippen molar-refractivity contribution in [3.05, 3.63) is 118 Å². The van der Waals surface area contributed by atoms with Crippen LogP contribution in [0.5, 0.6) is 0 Å². The molecule has 0 spiro atoms. The van der Waals surface area contributed by atoms with E-state index in [-0.39, 0.29) is 58.5 Å². The second kappa shape index (κ2) is 19.3. The quantitative estimate of drug-likeness (QED) is 0.0890. The number of hydrogen-bond donors (Lipinski definition) is 3. The van der Waals surface area contributed by atoms with Crippen LogP contribution >= 0.6 is 0 Å². The SMILES string of the molecule is C=CC(=O)Nc1cc(Nc2nc(-c3ccnc(N4CCn5c(cc6c5CC(C)(C)C6)C4=O)c3CO)cn(C)c2=O)ccc1N1CCN(C2CCN(c3cccc4c3C(=O)N(C3CCCCC3)C4=O)[C@H](C)C2)C[C@@H]1C. The van der Waals surface area contributed by atoms with E-state index in [0.29, 0.717) is 76.5 Å².